The van der Waals surface area contributed by atoms with Crippen LogP contribution in [0.25, 0.3) is 5.69 Å². The summed E-state index contributed by atoms with van der Waals surface area (Å²) < 4.78 is 33.8. The summed E-state index contributed by atoms with van der Waals surface area (Å²) in [7, 11) is 0. The minimum atomic E-state index is -1.48. The lowest BCUT2D eigenvalue weighted by atomic mass is 9.97. The van der Waals surface area contributed by atoms with Crippen LogP contribution in [0.2, 0.25) is 5.02 Å². The first-order valence-corrected chi connectivity index (χ1v) is 11.3. The number of fused-ring (bicyclic) bond motifs is 1. The highest BCUT2D eigenvalue weighted by Crippen LogP contribution is 2.26. The summed E-state index contributed by atoms with van der Waals surface area (Å²) in [5, 5.41) is 9.80. The zero-order chi connectivity index (χ0) is 25.5. The predicted molar refractivity (Wildman–Crippen MR) is 126 cm³/mol. The van der Waals surface area contributed by atoms with E-state index < -0.39 is 22.8 Å². The van der Waals surface area contributed by atoms with Gasteiger partial charge in [-0.1, -0.05) is 17.7 Å². The number of aliphatic hydroxyl groups is 1. The van der Waals surface area contributed by atoms with Crippen LogP contribution < -0.4 is 10.3 Å². The van der Waals surface area contributed by atoms with E-state index in [0.29, 0.717) is 25.2 Å². The minimum Gasteiger partial charge on any atom is -0.471 e. The van der Waals surface area contributed by atoms with Crippen LogP contribution in [0.15, 0.2) is 41.2 Å². The van der Waals surface area contributed by atoms with Gasteiger partial charge in [0.25, 0.3) is 11.5 Å². The molecule has 184 valence electrons. The second kappa shape index (κ2) is 9.39. The van der Waals surface area contributed by atoms with Gasteiger partial charge in [-0.3, -0.25) is 14.2 Å². The molecular weight excluding hydrogens is 480 g/mol. The van der Waals surface area contributed by atoms with E-state index in [9.17, 15) is 23.5 Å². The van der Waals surface area contributed by atoms with Gasteiger partial charge in [-0.05, 0) is 62.6 Å². The number of aromatic nitrogens is 2. The Bertz CT molecular complexity index is 1370. The molecule has 1 aliphatic rings. The molecule has 1 aromatic heterocycles. The summed E-state index contributed by atoms with van der Waals surface area (Å²) >= 11 is 6.25. The van der Waals surface area contributed by atoms with Crippen LogP contribution in [-0.4, -0.2) is 37.6 Å². The van der Waals surface area contributed by atoms with Gasteiger partial charge >= 0.3 is 0 Å². The molecule has 0 atom stereocenters. The van der Waals surface area contributed by atoms with Gasteiger partial charge in [-0.15, -0.1) is 0 Å². The average molecular weight is 504 g/mol. The van der Waals surface area contributed by atoms with E-state index in [4.69, 9.17) is 16.3 Å². The molecule has 2 aromatic carbocycles. The number of hydrogen-bond donors (Lipinski definition) is 1. The predicted octanol–water partition coefficient (Wildman–Crippen LogP) is 3.71. The number of halogens is 3. The van der Waals surface area contributed by atoms with Crippen LogP contribution >= 0.6 is 11.6 Å². The SMILES string of the molecule is Cc1nc(OCc2ccc(F)cc2F)c(Cl)c(=O)n1-c1ccc2c(c1)CN(C(=O)C(C)(C)O)CC2. The molecule has 3 aromatic rings. The van der Waals surface area contributed by atoms with Crippen LogP contribution in [-0.2, 0) is 24.4 Å². The van der Waals surface area contributed by atoms with Gasteiger partial charge in [0.1, 0.15) is 29.7 Å². The zero-order valence-corrected chi connectivity index (χ0v) is 20.2. The second-order valence-corrected chi connectivity index (χ2v) is 9.31. The Kier molecular flexibility index (Phi) is 6.66. The molecule has 0 radical (unpaired) electrons. The average Bonchev–Trinajstić information content (AvgIpc) is 2.80. The Hall–Kier alpha value is -3.30. The van der Waals surface area contributed by atoms with E-state index in [1.807, 2.05) is 6.07 Å². The maximum absolute atomic E-state index is 13.9. The molecule has 0 unspecified atom stereocenters. The summed E-state index contributed by atoms with van der Waals surface area (Å²) in [4.78, 5) is 31.5. The van der Waals surface area contributed by atoms with Crippen LogP contribution in [0.5, 0.6) is 5.88 Å². The van der Waals surface area contributed by atoms with Crippen molar-refractivity contribution in [3.8, 4) is 11.6 Å². The molecule has 35 heavy (non-hydrogen) atoms. The summed E-state index contributed by atoms with van der Waals surface area (Å²) in [6, 6.07) is 8.53. The van der Waals surface area contributed by atoms with Crippen molar-refractivity contribution in [1.29, 1.82) is 0 Å². The number of carbonyl (C=O) groups is 1. The molecule has 10 heteroatoms. The molecule has 0 spiro atoms. The summed E-state index contributed by atoms with van der Waals surface area (Å²) in [6.45, 7) is 5.00. The number of amides is 1. The number of carbonyl (C=O) groups excluding carboxylic acids is 1. The molecule has 4 rings (SSSR count). The molecule has 0 aliphatic carbocycles. The van der Waals surface area contributed by atoms with Crippen molar-refractivity contribution in [1.82, 2.24) is 14.5 Å². The van der Waals surface area contributed by atoms with Crippen LogP contribution in [0.4, 0.5) is 8.78 Å². The third kappa shape index (κ3) is 5.06. The highest BCUT2D eigenvalue weighted by atomic mass is 35.5. The monoisotopic (exact) mass is 503 g/mol. The van der Waals surface area contributed by atoms with Crippen molar-refractivity contribution in [3.63, 3.8) is 0 Å². The molecule has 0 saturated carbocycles. The Morgan fingerprint density at radius 2 is 1.94 bits per heavy atom. The molecule has 1 aliphatic heterocycles. The number of nitrogens with zero attached hydrogens (tertiary/aromatic N) is 3. The largest absolute Gasteiger partial charge is 0.471 e. The normalized spacial score (nSPS) is 13.5. The maximum Gasteiger partial charge on any atom is 0.280 e. The van der Waals surface area contributed by atoms with E-state index in [1.165, 1.54) is 24.5 Å². The molecule has 1 amide bonds. The third-order valence-corrected chi connectivity index (χ3v) is 6.14. The van der Waals surface area contributed by atoms with Crippen molar-refractivity contribution in [2.75, 3.05) is 6.54 Å². The van der Waals surface area contributed by atoms with Crippen LogP contribution in [0.3, 0.4) is 0 Å². The second-order valence-electron chi connectivity index (χ2n) is 8.93. The standard InChI is InChI=1S/C25H24ClF2N3O4/c1-14-29-22(35-13-16-4-6-18(27)11-20(16)28)21(26)23(32)31(14)19-7-5-15-8-9-30(12-17(15)10-19)24(33)25(2,3)34/h4-7,10-11,34H,8-9,12-13H2,1-3H3. The molecule has 0 bridgehead atoms. The van der Waals surface area contributed by atoms with E-state index in [0.717, 1.165) is 23.3 Å². The lowest BCUT2D eigenvalue weighted by molar-refractivity contribution is -0.148. The van der Waals surface area contributed by atoms with E-state index in [2.05, 4.69) is 4.98 Å². The van der Waals surface area contributed by atoms with Crippen molar-refractivity contribution in [3.05, 3.63) is 85.9 Å². The molecular formula is C25H24ClF2N3O4. The molecule has 1 N–H and O–H groups in total. The van der Waals surface area contributed by atoms with Crippen molar-refractivity contribution in [2.45, 2.75) is 45.9 Å². The van der Waals surface area contributed by atoms with Gasteiger partial charge in [0, 0.05) is 24.7 Å². The van der Waals surface area contributed by atoms with Gasteiger partial charge < -0.3 is 14.7 Å². The Labute approximate surface area is 205 Å². The van der Waals surface area contributed by atoms with Crippen molar-refractivity contribution >= 4 is 17.5 Å². The molecule has 0 saturated heterocycles. The summed E-state index contributed by atoms with van der Waals surface area (Å²) in [6.07, 6.45) is 0.622. The van der Waals surface area contributed by atoms with Gasteiger partial charge in [-0.25, -0.2) is 8.78 Å². The van der Waals surface area contributed by atoms with E-state index in [-0.39, 0.29) is 34.8 Å². The maximum atomic E-state index is 13.9. The van der Waals surface area contributed by atoms with Crippen LogP contribution in [0, 0.1) is 18.6 Å². The fraction of sp³-hybridized carbons (Fsp3) is 0.320. The van der Waals surface area contributed by atoms with Gasteiger partial charge in [0.05, 0.1) is 5.69 Å². The first-order valence-electron chi connectivity index (χ1n) is 11.0. The number of benzene rings is 2. The van der Waals surface area contributed by atoms with Gasteiger partial charge in [0.15, 0.2) is 5.02 Å². The number of hydrogen-bond acceptors (Lipinski definition) is 5. The quantitative estimate of drug-likeness (QED) is 0.574. The zero-order valence-electron chi connectivity index (χ0n) is 19.4. The summed E-state index contributed by atoms with van der Waals surface area (Å²) in [5.74, 6) is -1.73. The lowest BCUT2D eigenvalue weighted by Crippen LogP contribution is -2.47. The number of rotatable bonds is 5. The highest BCUT2D eigenvalue weighted by molar-refractivity contribution is 6.31. The van der Waals surface area contributed by atoms with Gasteiger partial charge in [-0.2, -0.15) is 4.98 Å². The fourth-order valence-corrected chi connectivity index (χ4v) is 4.19. The smallest absolute Gasteiger partial charge is 0.280 e. The number of aryl methyl sites for hydroxylation is 1. The Morgan fingerprint density at radius 3 is 2.63 bits per heavy atom. The third-order valence-electron chi connectivity index (χ3n) is 5.82. The first-order chi connectivity index (χ1) is 16.5. The highest BCUT2D eigenvalue weighted by Gasteiger charge is 2.31. The molecule has 0 fully saturated rings. The Morgan fingerprint density at radius 1 is 1.20 bits per heavy atom. The summed E-state index contributed by atoms with van der Waals surface area (Å²) in [5.41, 5.74) is 0.432. The van der Waals surface area contributed by atoms with Crippen LogP contribution in [0.1, 0.15) is 36.4 Å². The molecule has 7 nitrogen and oxygen atoms in total. The van der Waals surface area contributed by atoms with Crippen molar-refractivity contribution < 1.29 is 23.4 Å². The Balaban J connectivity index is 1.62. The van der Waals surface area contributed by atoms with E-state index in [1.54, 1.807) is 24.0 Å². The van der Waals surface area contributed by atoms with Crippen molar-refractivity contribution in [2.24, 2.45) is 0 Å². The molecule has 2 heterocycles. The topological polar surface area (TPSA) is 84.7 Å². The fourth-order valence-electron chi connectivity index (χ4n) is 4.01. The first kappa shape index (κ1) is 24.8. The minimum absolute atomic E-state index is 0.0888. The number of ether oxygens (including phenoxy) is 1. The van der Waals surface area contributed by atoms with Gasteiger partial charge in [0.2, 0.25) is 5.88 Å². The lowest BCUT2D eigenvalue weighted by Gasteiger charge is -2.33. The van der Waals surface area contributed by atoms with E-state index >= 15 is 0 Å².